The number of fused-ring (bicyclic) bond motifs is 1. The van der Waals surface area contributed by atoms with Crippen LogP contribution in [0.25, 0.3) is 33.4 Å². The number of aromatic nitrogens is 1. The predicted molar refractivity (Wildman–Crippen MR) is 142 cm³/mol. The molecule has 3 aromatic carbocycles. The quantitative estimate of drug-likeness (QED) is 0.245. The number of nitrogens with one attached hydrogen (secondary N) is 1. The van der Waals surface area contributed by atoms with Crippen molar-refractivity contribution in [1.29, 1.82) is 0 Å². The van der Waals surface area contributed by atoms with Crippen molar-refractivity contribution < 1.29 is 13.9 Å². The number of benzene rings is 3. The highest BCUT2D eigenvalue weighted by Crippen LogP contribution is 2.34. The van der Waals surface area contributed by atoms with Crippen LogP contribution < -0.4 is 10.1 Å². The van der Waals surface area contributed by atoms with Gasteiger partial charge in [0.15, 0.2) is 22.2 Å². The molecule has 0 saturated carbocycles. The highest BCUT2D eigenvalue weighted by atomic mass is 32.1. The molecule has 0 spiro atoms. The van der Waals surface area contributed by atoms with E-state index in [1.54, 1.807) is 6.07 Å². The SMILES string of the molecule is CCCc1sc(NC(=O)c2cc3cccc(OCC)c3o2)nc1-c1ccc(-c2ccccc2)cc1. The van der Waals surface area contributed by atoms with Crippen molar-refractivity contribution in [3.05, 3.63) is 89.5 Å². The van der Waals surface area contributed by atoms with Crippen molar-refractivity contribution in [2.24, 2.45) is 0 Å². The molecule has 0 bridgehead atoms. The fourth-order valence-corrected chi connectivity index (χ4v) is 5.13. The summed E-state index contributed by atoms with van der Waals surface area (Å²) >= 11 is 1.51. The highest BCUT2D eigenvalue weighted by Gasteiger charge is 2.19. The topological polar surface area (TPSA) is 64.4 Å². The van der Waals surface area contributed by atoms with Crippen LogP contribution in [-0.2, 0) is 6.42 Å². The zero-order chi connectivity index (χ0) is 24.2. The first-order valence-electron chi connectivity index (χ1n) is 11.8. The van der Waals surface area contributed by atoms with E-state index in [2.05, 4.69) is 48.6 Å². The molecule has 5 aromatic rings. The second-order valence-corrected chi connectivity index (χ2v) is 9.24. The Hall–Kier alpha value is -3.90. The van der Waals surface area contributed by atoms with Gasteiger partial charge in [-0.2, -0.15) is 0 Å². The molecule has 0 unspecified atom stereocenters. The number of ether oxygens (including phenoxy) is 1. The monoisotopic (exact) mass is 482 g/mol. The lowest BCUT2D eigenvalue weighted by molar-refractivity contribution is 0.0998. The Kier molecular flexibility index (Phi) is 6.64. The molecule has 0 aliphatic rings. The minimum absolute atomic E-state index is 0.230. The lowest BCUT2D eigenvalue weighted by Crippen LogP contribution is -2.10. The molecule has 5 nitrogen and oxygen atoms in total. The fourth-order valence-electron chi connectivity index (χ4n) is 4.05. The van der Waals surface area contributed by atoms with Crippen molar-refractivity contribution in [2.75, 3.05) is 11.9 Å². The number of carbonyl (C=O) groups is 1. The lowest BCUT2D eigenvalue weighted by atomic mass is 10.0. The molecule has 35 heavy (non-hydrogen) atoms. The lowest BCUT2D eigenvalue weighted by Gasteiger charge is -2.04. The van der Waals surface area contributed by atoms with Gasteiger partial charge < -0.3 is 9.15 Å². The zero-order valence-electron chi connectivity index (χ0n) is 19.7. The molecule has 2 heterocycles. The Morgan fingerprint density at radius 1 is 0.943 bits per heavy atom. The van der Waals surface area contributed by atoms with Gasteiger partial charge in [0.05, 0.1) is 12.3 Å². The number of aryl methyl sites for hydroxylation is 1. The number of anilines is 1. The number of carbonyl (C=O) groups excluding carboxylic acids is 1. The van der Waals surface area contributed by atoms with Gasteiger partial charge in [0, 0.05) is 15.8 Å². The second kappa shape index (κ2) is 10.2. The number of thiazole rings is 1. The smallest absolute Gasteiger partial charge is 0.293 e. The largest absolute Gasteiger partial charge is 0.490 e. The van der Waals surface area contributed by atoms with Gasteiger partial charge in [0.1, 0.15) is 0 Å². The van der Waals surface area contributed by atoms with Crippen LogP contribution in [0.1, 0.15) is 35.7 Å². The van der Waals surface area contributed by atoms with Crippen LogP contribution >= 0.6 is 11.3 Å². The second-order valence-electron chi connectivity index (χ2n) is 8.16. The Bertz CT molecular complexity index is 1450. The summed E-state index contributed by atoms with van der Waals surface area (Å²) in [5, 5.41) is 4.32. The van der Waals surface area contributed by atoms with E-state index >= 15 is 0 Å². The number of hydrogen-bond acceptors (Lipinski definition) is 5. The number of hydrogen-bond donors (Lipinski definition) is 1. The van der Waals surface area contributed by atoms with E-state index in [9.17, 15) is 4.79 Å². The van der Waals surface area contributed by atoms with Crippen LogP contribution in [0.2, 0.25) is 0 Å². The molecule has 6 heteroatoms. The van der Waals surface area contributed by atoms with Gasteiger partial charge in [-0.1, -0.05) is 80.1 Å². The summed E-state index contributed by atoms with van der Waals surface area (Å²) in [6, 6.07) is 26.1. The van der Waals surface area contributed by atoms with Gasteiger partial charge in [-0.05, 0) is 36.6 Å². The molecule has 0 atom stereocenters. The van der Waals surface area contributed by atoms with Crippen molar-refractivity contribution in [3.63, 3.8) is 0 Å². The number of para-hydroxylation sites is 1. The Balaban J connectivity index is 1.40. The molecule has 0 saturated heterocycles. The van der Waals surface area contributed by atoms with E-state index in [4.69, 9.17) is 14.1 Å². The summed E-state index contributed by atoms with van der Waals surface area (Å²) in [6.45, 7) is 4.58. The van der Waals surface area contributed by atoms with E-state index in [-0.39, 0.29) is 11.7 Å². The van der Waals surface area contributed by atoms with E-state index < -0.39 is 0 Å². The van der Waals surface area contributed by atoms with Crippen molar-refractivity contribution in [1.82, 2.24) is 4.98 Å². The number of nitrogens with zero attached hydrogens (tertiary/aromatic N) is 1. The molecule has 2 aromatic heterocycles. The third kappa shape index (κ3) is 4.84. The minimum atomic E-state index is -0.327. The predicted octanol–water partition coefficient (Wildman–Crippen LogP) is 7.83. The van der Waals surface area contributed by atoms with Crippen LogP contribution in [0.4, 0.5) is 5.13 Å². The number of furan rings is 1. The minimum Gasteiger partial charge on any atom is -0.490 e. The zero-order valence-corrected chi connectivity index (χ0v) is 20.5. The van der Waals surface area contributed by atoms with Gasteiger partial charge in [-0.25, -0.2) is 4.98 Å². The Morgan fingerprint density at radius 2 is 1.69 bits per heavy atom. The molecule has 0 fully saturated rings. The van der Waals surface area contributed by atoms with E-state index in [1.165, 1.54) is 16.9 Å². The fraction of sp³-hybridized carbons (Fsp3) is 0.172. The Labute approximate surface area is 208 Å². The molecule has 0 aliphatic carbocycles. The summed E-state index contributed by atoms with van der Waals surface area (Å²) in [6.07, 6.45) is 1.89. The van der Waals surface area contributed by atoms with E-state index in [0.717, 1.165) is 39.9 Å². The first-order chi connectivity index (χ1) is 17.2. The van der Waals surface area contributed by atoms with E-state index in [1.807, 2.05) is 43.3 Å². The van der Waals surface area contributed by atoms with Gasteiger partial charge in [-0.3, -0.25) is 10.1 Å². The van der Waals surface area contributed by atoms with Crippen LogP contribution in [-0.4, -0.2) is 17.5 Å². The highest BCUT2D eigenvalue weighted by molar-refractivity contribution is 7.16. The average molecular weight is 483 g/mol. The summed E-state index contributed by atoms with van der Waals surface area (Å²) in [7, 11) is 0. The molecule has 0 radical (unpaired) electrons. The maximum atomic E-state index is 13.0. The molecular weight excluding hydrogens is 456 g/mol. The van der Waals surface area contributed by atoms with Gasteiger partial charge in [0.25, 0.3) is 5.91 Å². The first kappa shape index (κ1) is 22.9. The molecule has 176 valence electrons. The Morgan fingerprint density at radius 3 is 2.43 bits per heavy atom. The van der Waals surface area contributed by atoms with Crippen molar-refractivity contribution in [3.8, 4) is 28.1 Å². The van der Waals surface area contributed by atoms with Gasteiger partial charge in [0.2, 0.25) is 0 Å². The number of amides is 1. The van der Waals surface area contributed by atoms with Gasteiger partial charge in [-0.15, -0.1) is 11.3 Å². The normalized spacial score (nSPS) is 11.0. The van der Waals surface area contributed by atoms with E-state index in [0.29, 0.717) is 23.1 Å². The van der Waals surface area contributed by atoms with Crippen LogP contribution in [0.3, 0.4) is 0 Å². The molecule has 1 amide bonds. The van der Waals surface area contributed by atoms with Gasteiger partial charge >= 0.3 is 0 Å². The maximum Gasteiger partial charge on any atom is 0.293 e. The molecule has 5 rings (SSSR count). The standard InChI is InChI=1S/C29H26N2O3S/c1-3-9-25-26(21-16-14-20(15-17-21)19-10-6-5-7-11-19)30-29(35-25)31-28(32)24-18-22-12-8-13-23(33-4-2)27(22)34-24/h5-8,10-18H,3-4,9H2,1-2H3,(H,30,31,32). The van der Waals surface area contributed by atoms with Crippen LogP contribution in [0, 0.1) is 0 Å². The summed E-state index contributed by atoms with van der Waals surface area (Å²) in [4.78, 5) is 18.9. The molecule has 0 aliphatic heterocycles. The average Bonchev–Trinajstić information content (AvgIpc) is 3.50. The summed E-state index contributed by atoms with van der Waals surface area (Å²) < 4.78 is 11.5. The van der Waals surface area contributed by atoms with Crippen molar-refractivity contribution in [2.45, 2.75) is 26.7 Å². The summed E-state index contributed by atoms with van der Waals surface area (Å²) in [5.41, 5.74) is 4.86. The van der Waals surface area contributed by atoms with Crippen molar-refractivity contribution >= 4 is 33.3 Å². The van der Waals surface area contributed by atoms with Crippen LogP contribution in [0.5, 0.6) is 5.75 Å². The summed E-state index contributed by atoms with van der Waals surface area (Å²) in [5.74, 6) is 0.532. The van der Waals surface area contributed by atoms with Crippen LogP contribution in [0.15, 0.2) is 83.3 Å². The number of rotatable bonds is 8. The molecular formula is C29H26N2O3S. The third-order valence-corrected chi connectivity index (χ3v) is 6.72. The third-order valence-electron chi connectivity index (χ3n) is 5.69. The maximum absolute atomic E-state index is 13.0. The first-order valence-corrected chi connectivity index (χ1v) is 12.6. The molecule has 1 N–H and O–H groups in total.